The van der Waals surface area contributed by atoms with Gasteiger partial charge in [-0.15, -0.1) is 0 Å². The molecule has 0 aromatic heterocycles. The summed E-state index contributed by atoms with van der Waals surface area (Å²) in [4.78, 5) is 11.4. The van der Waals surface area contributed by atoms with Gasteiger partial charge in [0.15, 0.2) is 5.78 Å². The molecule has 1 aromatic carbocycles. The van der Waals surface area contributed by atoms with Crippen LogP contribution in [0, 0.1) is 6.92 Å². The summed E-state index contributed by atoms with van der Waals surface area (Å²) < 4.78 is 0. The zero-order valence-electron chi connectivity index (χ0n) is 6.90. The Morgan fingerprint density at radius 2 is 1.85 bits per heavy atom. The quantitative estimate of drug-likeness (QED) is 0.594. The lowest BCUT2D eigenvalue weighted by atomic mass is 10.1. The number of hydrogen-bond donors (Lipinski definition) is 0. The summed E-state index contributed by atoms with van der Waals surface area (Å²) in [5, 5.41) is 1.05. The van der Waals surface area contributed by atoms with Gasteiger partial charge in [-0.3, -0.25) is 4.79 Å². The predicted octanol–water partition coefficient (Wildman–Crippen LogP) is 3.88. The molecule has 1 nitrogen and oxygen atoms in total. The summed E-state index contributed by atoms with van der Waals surface area (Å²) in [7, 11) is 0. The number of hydrogen-bond acceptors (Lipinski definition) is 1. The van der Waals surface area contributed by atoms with Crippen molar-refractivity contribution in [2.75, 3.05) is 5.33 Å². The molecule has 0 saturated carbocycles. The van der Waals surface area contributed by atoms with E-state index in [1.807, 2.05) is 6.92 Å². The van der Waals surface area contributed by atoms with E-state index in [-0.39, 0.29) is 11.1 Å². The van der Waals surface area contributed by atoms with Gasteiger partial charge in [-0.2, -0.15) is 0 Å². The molecule has 0 atom stereocenters. The third-order valence-corrected chi connectivity index (χ3v) is 2.69. The molecule has 0 unspecified atom stereocenters. The highest BCUT2D eigenvalue weighted by atomic mass is 79.9. The van der Waals surface area contributed by atoms with E-state index >= 15 is 0 Å². The molecule has 0 amide bonds. The summed E-state index contributed by atoms with van der Waals surface area (Å²) in [6.07, 6.45) is 0. The van der Waals surface area contributed by atoms with Crippen LogP contribution in [0.25, 0.3) is 0 Å². The number of halogens is 3. The number of rotatable bonds is 2. The number of Topliss-reactive ketones (excluding diaryl/α,β-unsaturated/α-hetero) is 1. The van der Waals surface area contributed by atoms with Crippen molar-refractivity contribution in [1.29, 1.82) is 0 Å². The van der Waals surface area contributed by atoms with Gasteiger partial charge in [0.1, 0.15) is 0 Å². The predicted molar refractivity (Wildman–Crippen MR) is 59.3 cm³/mol. The van der Waals surface area contributed by atoms with Crippen LogP contribution in [0.5, 0.6) is 0 Å². The van der Waals surface area contributed by atoms with E-state index in [1.165, 1.54) is 0 Å². The first-order valence-electron chi connectivity index (χ1n) is 3.61. The van der Waals surface area contributed by atoms with Crippen molar-refractivity contribution in [2.24, 2.45) is 0 Å². The molecule has 0 N–H and O–H groups in total. The number of aryl methyl sites for hydroxylation is 1. The van der Waals surface area contributed by atoms with Crippen LogP contribution in [0.3, 0.4) is 0 Å². The molecule has 0 spiro atoms. The Kier molecular flexibility index (Phi) is 3.77. The monoisotopic (exact) mass is 280 g/mol. The first-order chi connectivity index (χ1) is 6.06. The van der Waals surface area contributed by atoms with Crippen molar-refractivity contribution in [3.05, 3.63) is 33.3 Å². The third kappa shape index (κ3) is 2.46. The second kappa shape index (κ2) is 4.45. The lowest BCUT2D eigenvalue weighted by Crippen LogP contribution is -2.02. The lowest BCUT2D eigenvalue weighted by molar-refractivity contribution is 0.102. The van der Waals surface area contributed by atoms with Crippen LogP contribution in [0.2, 0.25) is 10.0 Å². The Bertz CT molecular complexity index is 326. The molecule has 1 aromatic rings. The van der Waals surface area contributed by atoms with Crippen molar-refractivity contribution in [3.63, 3.8) is 0 Å². The number of alkyl halides is 1. The highest BCUT2D eigenvalue weighted by Gasteiger charge is 2.13. The smallest absolute Gasteiger partial charge is 0.176 e. The third-order valence-electron chi connectivity index (χ3n) is 1.59. The number of ketones is 1. The van der Waals surface area contributed by atoms with Crippen LogP contribution >= 0.6 is 39.1 Å². The molecule has 0 fully saturated rings. The van der Waals surface area contributed by atoms with Gasteiger partial charge < -0.3 is 0 Å². The average Bonchev–Trinajstić information content (AvgIpc) is 2.02. The van der Waals surface area contributed by atoms with Gasteiger partial charge in [-0.25, -0.2) is 0 Å². The number of benzene rings is 1. The molecule has 0 saturated heterocycles. The minimum Gasteiger partial charge on any atom is -0.293 e. The largest absolute Gasteiger partial charge is 0.293 e. The minimum atomic E-state index is -0.102. The molecular weight excluding hydrogens is 275 g/mol. The van der Waals surface area contributed by atoms with Crippen LogP contribution in [0.1, 0.15) is 15.9 Å². The van der Waals surface area contributed by atoms with Crippen molar-refractivity contribution < 1.29 is 4.79 Å². The molecule has 1 rings (SSSR count). The zero-order chi connectivity index (χ0) is 10.0. The van der Waals surface area contributed by atoms with E-state index in [2.05, 4.69) is 15.9 Å². The van der Waals surface area contributed by atoms with Gasteiger partial charge in [0.2, 0.25) is 0 Å². The number of carbonyl (C=O) groups excluding carboxylic acids is 1. The van der Waals surface area contributed by atoms with E-state index in [1.54, 1.807) is 12.1 Å². The van der Waals surface area contributed by atoms with E-state index in [0.717, 1.165) is 5.56 Å². The van der Waals surface area contributed by atoms with Crippen molar-refractivity contribution in [3.8, 4) is 0 Å². The molecule has 0 heterocycles. The Morgan fingerprint density at radius 1 is 1.38 bits per heavy atom. The highest BCUT2D eigenvalue weighted by molar-refractivity contribution is 9.09. The Balaban J connectivity index is 3.28. The fourth-order valence-electron chi connectivity index (χ4n) is 1.03. The molecule has 0 aliphatic rings. The fraction of sp³-hybridized carbons (Fsp3) is 0.222. The van der Waals surface area contributed by atoms with E-state index < -0.39 is 0 Å². The normalized spacial score (nSPS) is 10.2. The van der Waals surface area contributed by atoms with Crippen molar-refractivity contribution >= 4 is 44.9 Å². The molecule has 13 heavy (non-hydrogen) atoms. The van der Waals surface area contributed by atoms with Gasteiger partial charge in [0, 0.05) is 0 Å². The Morgan fingerprint density at radius 3 is 2.23 bits per heavy atom. The first kappa shape index (κ1) is 11.0. The Hall–Kier alpha value is -0.0500. The maximum absolute atomic E-state index is 11.4. The maximum Gasteiger partial charge on any atom is 0.176 e. The SMILES string of the molecule is Cc1cc(Cl)c(C(=O)CBr)c(Cl)c1. The molecule has 0 radical (unpaired) electrons. The van der Waals surface area contributed by atoms with Crippen molar-refractivity contribution in [1.82, 2.24) is 0 Å². The van der Waals surface area contributed by atoms with E-state index in [9.17, 15) is 4.79 Å². The summed E-state index contributed by atoms with van der Waals surface area (Å²) in [6, 6.07) is 3.45. The van der Waals surface area contributed by atoms with E-state index in [4.69, 9.17) is 23.2 Å². The summed E-state index contributed by atoms with van der Waals surface area (Å²) in [5.41, 5.74) is 1.34. The van der Waals surface area contributed by atoms with Crippen LogP contribution in [-0.2, 0) is 0 Å². The average molecular weight is 282 g/mol. The van der Waals surface area contributed by atoms with Gasteiger partial charge in [-0.1, -0.05) is 39.1 Å². The Labute approximate surface area is 95.2 Å². The van der Waals surface area contributed by atoms with Crippen molar-refractivity contribution in [2.45, 2.75) is 6.92 Å². The van der Waals surface area contributed by atoms with E-state index in [0.29, 0.717) is 15.6 Å². The fourth-order valence-corrected chi connectivity index (χ4v) is 2.12. The summed E-state index contributed by atoms with van der Waals surface area (Å²) in [5.74, 6) is -0.102. The zero-order valence-corrected chi connectivity index (χ0v) is 10.0. The van der Waals surface area contributed by atoms with Gasteiger partial charge in [0.05, 0.1) is 20.9 Å². The molecular formula is C9H7BrCl2O. The molecule has 70 valence electrons. The second-order valence-corrected chi connectivity index (χ2v) is 4.04. The maximum atomic E-state index is 11.4. The standard InChI is InChI=1S/C9H7BrCl2O/c1-5-2-6(11)9(7(12)3-5)8(13)4-10/h2-3H,4H2,1H3. The van der Waals surface area contributed by atoms with Gasteiger partial charge >= 0.3 is 0 Å². The lowest BCUT2D eigenvalue weighted by Gasteiger charge is -2.05. The molecule has 4 heteroatoms. The highest BCUT2D eigenvalue weighted by Crippen LogP contribution is 2.27. The van der Waals surface area contributed by atoms with Gasteiger partial charge in [0.25, 0.3) is 0 Å². The molecule has 0 aliphatic heterocycles. The second-order valence-electron chi connectivity index (χ2n) is 2.66. The minimum absolute atomic E-state index is 0.102. The van der Waals surface area contributed by atoms with Crippen LogP contribution in [0.15, 0.2) is 12.1 Å². The molecule has 0 aliphatic carbocycles. The number of carbonyl (C=O) groups is 1. The first-order valence-corrected chi connectivity index (χ1v) is 5.49. The summed E-state index contributed by atoms with van der Waals surface area (Å²) in [6.45, 7) is 1.88. The van der Waals surface area contributed by atoms with Crippen LogP contribution in [-0.4, -0.2) is 11.1 Å². The summed E-state index contributed by atoms with van der Waals surface area (Å²) >= 11 is 14.8. The van der Waals surface area contributed by atoms with Gasteiger partial charge in [-0.05, 0) is 24.6 Å². The topological polar surface area (TPSA) is 17.1 Å². The van der Waals surface area contributed by atoms with Crippen LogP contribution < -0.4 is 0 Å². The van der Waals surface area contributed by atoms with Crippen LogP contribution in [0.4, 0.5) is 0 Å². The molecule has 0 bridgehead atoms.